The monoisotopic (exact) mass is 392 g/mol. The van der Waals surface area contributed by atoms with E-state index in [0.717, 1.165) is 17.1 Å². The zero-order chi connectivity index (χ0) is 13.7. The summed E-state index contributed by atoms with van der Waals surface area (Å²) in [6, 6.07) is 7.24. The number of hydrogen-bond acceptors (Lipinski definition) is 2. The molecule has 1 saturated heterocycles. The van der Waals surface area contributed by atoms with Crippen LogP contribution >= 0.6 is 34.2 Å². The van der Waals surface area contributed by atoms with E-state index in [2.05, 4.69) is 52.3 Å². The van der Waals surface area contributed by atoms with E-state index in [1.807, 2.05) is 6.07 Å². The van der Waals surface area contributed by atoms with Crippen molar-refractivity contribution in [2.24, 2.45) is 0 Å². The molecule has 0 aliphatic carbocycles. The summed E-state index contributed by atoms with van der Waals surface area (Å²) in [6.45, 7) is 3.41. The van der Waals surface area contributed by atoms with E-state index >= 15 is 0 Å². The number of anilines is 1. The Morgan fingerprint density at radius 3 is 3.05 bits per heavy atom. The average molecular weight is 393 g/mol. The van der Waals surface area contributed by atoms with Gasteiger partial charge in [0.25, 0.3) is 0 Å². The smallest absolute Gasteiger partial charge is 0.0648 e. The second-order valence-corrected chi connectivity index (χ2v) is 7.06. The van der Waals surface area contributed by atoms with Crippen molar-refractivity contribution in [1.82, 2.24) is 5.32 Å². The van der Waals surface area contributed by atoms with Crippen LogP contribution in [-0.4, -0.2) is 18.6 Å². The van der Waals surface area contributed by atoms with Gasteiger partial charge in [-0.05, 0) is 73.5 Å². The maximum Gasteiger partial charge on any atom is 0.0648 e. The minimum absolute atomic E-state index is 0.438. The summed E-state index contributed by atoms with van der Waals surface area (Å²) in [5.41, 5.74) is 1.04. The van der Waals surface area contributed by atoms with Crippen molar-refractivity contribution < 1.29 is 0 Å². The lowest BCUT2D eigenvalue weighted by Crippen LogP contribution is -2.33. The van der Waals surface area contributed by atoms with Crippen LogP contribution in [0.4, 0.5) is 5.69 Å². The topological polar surface area (TPSA) is 24.1 Å². The average Bonchev–Trinajstić information content (AvgIpc) is 2.61. The molecule has 19 heavy (non-hydrogen) atoms. The number of rotatable bonds is 4. The van der Waals surface area contributed by atoms with Gasteiger partial charge in [0.1, 0.15) is 0 Å². The Labute approximate surface area is 134 Å². The lowest BCUT2D eigenvalue weighted by Gasteiger charge is -2.22. The van der Waals surface area contributed by atoms with Crippen molar-refractivity contribution in [1.29, 1.82) is 0 Å². The molecule has 2 N–H and O–H groups in total. The first-order chi connectivity index (χ1) is 9.15. The van der Waals surface area contributed by atoms with E-state index in [1.54, 1.807) is 0 Å². The Kier molecular flexibility index (Phi) is 6.23. The van der Waals surface area contributed by atoms with Crippen LogP contribution in [0.1, 0.15) is 39.0 Å². The highest BCUT2D eigenvalue weighted by atomic mass is 127. The van der Waals surface area contributed by atoms with Gasteiger partial charge in [0, 0.05) is 15.7 Å². The summed E-state index contributed by atoms with van der Waals surface area (Å²) < 4.78 is 1.17. The normalized spacial score (nSPS) is 21.7. The molecule has 1 fully saturated rings. The van der Waals surface area contributed by atoms with Crippen LogP contribution in [0.3, 0.4) is 0 Å². The molecule has 0 amide bonds. The molecular formula is C15H22ClIN2. The van der Waals surface area contributed by atoms with Gasteiger partial charge >= 0.3 is 0 Å². The van der Waals surface area contributed by atoms with Gasteiger partial charge in [-0.1, -0.05) is 24.4 Å². The molecule has 1 aromatic rings. The molecule has 2 atom stereocenters. The van der Waals surface area contributed by atoms with Gasteiger partial charge in [-0.25, -0.2) is 0 Å². The predicted molar refractivity (Wildman–Crippen MR) is 92.1 cm³/mol. The van der Waals surface area contributed by atoms with Crippen LogP contribution in [0.5, 0.6) is 0 Å². The fourth-order valence-electron chi connectivity index (χ4n) is 2.66. The number of nitrogens with one attached hydrogen (secondary N) is 2. The van der Waals surface area contributed by atoms with E-state index in [0.29, 0.717) is 12.1 Å². The first-order valence-electron chi connectivity index (χ1n) is 7.10. The van der Waals surface area contributed by atoms with Crippen LogP contribution in [0.25, 0.3) is 0 Å². The molecule has 1 aliphatic heterocycles. The largest absolute Gasteiger partial charge is 0.381 e. The molecule has 0 bridgehead atoms. The number of benzene rings is 1. The van der Waals surface area contributed by atoms with Gasteiger partial charge in [0.15, 0.2) is 0 Å². The Hall–Kier alpha value is -0.0000000000000000555. The zero-order valence-electron chi connectivity index (χ0n) is 11.4. The molecule has 106 valence electrons. The van der Waals surface area contributed by atoms with Crippen molar-refractivity contribution >= 4 is 39.9 Å². The summed E-state index contributed by atoms with van der Waals surface area (Å²) in [5.74, 6) is 0. The predicted octanol–water partition coefficient (Wildman–Crippen LogP) is 4.67. The van der Waals surface area contributed by atoms with E-state index in [1.165, 1.54) is 35.8 Å². The van der Waals surface area contributed by atoms with Gasteiger partial charge in [-0.3, -0.25) is 0 Å². The van der Waals surface area contributed by atoms with Gasteiger partial charge in [-0.2, -0.15) is 0 Å². The first-order valence-corrected chi connectivity index (χ1v) is 8.56. The molecule has 1 aromatic carbocycles. The van der Waals surface area contributed by atoms with Crippen LogP contribution in [0, 0.1) is 3.57 Å². The van der Waals surface area contributed by atoms with E-state index in [9.17, 15) is 0 Å². The summed E-state index contributed by atoms with van der Waals surface area (Å²) in [7, 11) is 0. The molecule has 2 rings (SSSR count). The SMILES string of the molecule is CC(CC1CCCCCN1)Nc1ccc(I)cc1Cl. The van der Waals surface area contributed by atoms with Crippen molar-refractivity contribution in [3.8, 4) is 0 Å². The molecule has 1 aliphatic rings. The fraction of sp³-hybridized carbons (Fsp3) is 0.600. The minimum Gasteiger partial charge on any atom is -0.381 e. The van der Waals surface area contributed by atoms with Crippen molar-refractivity contribution in [3.05, 3.63) is 26.8 Å². The third-order valence-corrected chi connectivity index (χ3v) is 4.62. The van der Waals surface area contributed by atoms with Crippen molar-refractivity contribution in [2.75, 3.05) is 11.9 Å². The Bertz CT molecular complexity index is 403. The molecule has 4 heteroatoms. The molecule has 0 spiro atoms. The number of hydrogen-bond donors (Lipinski definition) is 2. The molecule has 0 aromatic heterocycles. The van der Waals surface area contributed by atoms with E-state index in [-0.39, 0.29) is 0 Å². The summed E-state index contributed by atoms with van der Waals surface area (Å²) in [4.78, 5) is 0. The van der Waals surface area contributed by atoms with Crippen LogP contribution in [0.2, 0.25) is 5.02 Å². The Morgan fingerprint density at radius 2 is 2.26 bits per heavy atom. The maximum absolute atomic E-state index is 6.26. The van der Waals surface area contributed by atoms with Crippen LogP contribution in [0.15, 0.2) is 18.2 Å². The lowest BCUT2D eigenvalue weighted by atomic mass is 10.0. The van der Waals surface area contributed by atoms with E-state index < -0.39 is 0 Å². The lowest BCUT2D eigenvalue weighted by molar-refractivity contribution is 0.456. The van der Waals surface area contributed by atoms with Crippen molar-refractivity contribution in [2.45, 2.75) is 51.1 Å². The van der Waals surface area contributed by atoms with E-state index in [4.69, 9.17) is 11.6 Å². The van der Waals surface area contributed by atoms with Crippen LogP contribution in [-0.2, 0) is 0 Å². The third-order valence-electron chi connectivity index (χ3n) is 3.63. The summed E-state index contributed by atoms with van der Waals surface area (Å²) >= 11 is 8.54. The summed E-state index contributed by atoms with van der Waals surface area (Å²) in [5, 5.41) is 7.99. The van der Waals surface area contributed by atoms with Gasteiger partial charge in [0.05, 0.1) is 10.7 Å². The molecule has 0 radical (unpaired) electrons. The third kappa shape index (κ3) is 5.12. The van der Waals surface area contributed by atoms with Gasteiger partial charge < -0.3 is 10.6 Å². The summed E-state index contributed by atoms with van der Waals surface area (Å²) in [6.07, 6.45) is 6.50. The highest BCUT2D eigenvalue weighted by Crippen LogP contribution is 2.25. The number of halogens is 2. The standard InChI is InChI=1S/C15H22ClIN2/c1-11(9-13-5-3-2-4-8-18-13)19-15-7-6-12(17)10-14(15)16/h6-7,10-11,13,18-19H,2-5,8-9H2,1H3. The fourth-order valence-corrected chi connectivity index (χ4v) is 3.57. The van der Waals surface area contributed by atoms with Crippen molar-refractivity contribution in [3.63, 3.8) is 0 Å². The minimum atomic E-state index is 0.438. The second kappa shape index (κ2) is 7.70. The zero-order valence-corrected chi connectivity index (χ0v) is 14.3. The quantitative estimate of drug-likeness (QED) is 0.728. The Balaban J connectivity index is 1.87. The highest BCUT2D eigenvalue weighted by molar-refractivity contribution is 14.1. The van der Waals surface area contributed by atoms with Gasteiger partial charge in [-0.15, -0.1) is 0 Å². The first kappa shape index (κ1) is 15.4. The molecular weight excluding hydrogens is 371 g/mol. The molecule has 2 nitrogen and oxygen atoms in total. The maximum atomic E-state index is 6.26. The highest BCUT2D eigenvalue weighted by Gasteiger charge is 2.15. The van der Waals surface area contributed by atoms with Crippen LogP contribution < -0.4 is 10.6 Å². The molecule has 1 heterocycles. The Morgan fingerprint density at radius 1 is 1.42 bits per heavy atom. The van der Waals surface area contributed by atoms with Gasteiger partial charge in [0.2, 0.25) is 0 Å². The second-order valence-electron chi connectivity index (χ2n) is 5.41. The molecule has 0 saturated carbocycles. The molecule has 2 unspecified atom stereocenters.